The van der Waals surface area contributed by atoms with Gasteiger partial charge in [-0.05, 0) is 46.3 Å². The van der Waals surface area contributed by atoms with Crippen molar-refractivity contribution in [3.8, 4) is 0 Å². The average molecular weight is 357 g/mol. The minimum Gasteiger partial charge on any atom is -0.347 e. The molecule has 0 aliphatic rings. The number of fused-ring (bicyclic) bond motifs is 1. The Kier molecular flexibility index (Phi) is 4.29. The summed E-state index contributed by atoms with van der Waals surface area (Å²) in [6.45, 7) is 0.380. The second-order valence-electron chi connectivity index (χ2n) is 4.65. The van der Waals surface area contributed by atoms with Gasteiger partial charge in [0, 0.05) is 29.1 Å². The van der Waals surface area contributed by atoms with Gasteiger partial charge in [0.05, 0.1) is 17.9 Å². The number of hydrogen-bond acceptors (Lipinski definition) is 3. The van der Waals surface area contributed by atoms with Crippen molar-refractivity contribution in [3.63, 3.8) is 0 Å². The fourth-order valence-corrected chi connectivity index (χ4v) is 2.33. The topological polar surface area (TPSA) is 59.3 Å². The summed E-state index contributed by atoms with van der Waals surface area (Å²) < 4.78 is 2.89. The van der Waals surface area contributed by atoms with Gasteiger partial charge in [-0.25, -0.2) is 4.98 Å². The van der Waals surface area contributed by atoms with Gasteiger partial charge in [-0.1, -0.05) is 6.07 Å². The molecule has 0 saturated carbocycles. The van der Waals surface area contributed by atoms with E-state index in [1.807, 2.05) is 47.1 Å². The van der Waals surface area contributed by atoms with Gasteiger partial charge in [0.25, 0.3) is 0 Å². The average Bonchev–Trinajstić information content (AvgIpc) is 2.94. The first kappa shape index (κ1) is 14.5. The first-order valence-corrected chi connectivity index (χ1v) is 7.50. The molecule has 0 aromatic carbocycles. The van der Waals surface area contributed by atoms with E-state index in [-0.39, 0.29) is 5.91 Å². The lowest BCUT2D eigenvalue weighted by Gasteiger charge is -1.98. The number of carbonyl (C=O) groups is 1. The summed E-state index contributed by atoms with van der Waals surface area (Å²) >= 11 is 3.41. The molecule has 0 spiro atoms. The van der Waals surface area contributed by atoms with E-state index in [0.29, 0.717) is 6.54 Å². The normalized spacial score (nSPS) is 11.1. The fraction of sp³-hybridized carbons (Fsp3) is 0.0625. The number of nitrogens with one attached hydrogen (secondary N) is 1. The second kappa shape index (κ2) is 6.53. The van der Waals surface area contributed by atoms with Crippen LogP contribution in [0.2, 0.25) is 0 Å². The van der Waals surface area contributed by atoms with Gasteiger partial charge in [-0.2, -0.15) is 0 Å². The van der Waals surface area contributed by atoms with Crippen LogP contribution in [0.3, 0.4) is 0 Å². The minimum absolute atomic E-state index is 0.177. The lowest BCUT2D eigenvalue weighted by molar-refractivity contribution is -0.116. The van der Waals surface area contributed by atoms with E-state index >= 15 is 0 Å². The third-order valence-electron chi connectivity index (χ3n) is 3.00. The van der Waals surface area contributed by atoms with Crippen molar-refractivity contribution in [1.82, 2.24) is 19.7 Å². The van der Waals surface area contributed by atoms with E-state index in [4.69, 9.17) is 0 Å². The molecule has 0 aliphatic heterocycles. The van der Waals surface area contributed by atoms with Gasteiger partial charge in [-0.3, -0.25) is 9.78 Å². The van der Waals surface area contributed by atoms with Crippen molar-refractivity contribution in [1.29, 1.82) is 0 Å². The van der Waals surface area contributed by atoms with Gasteiger partial charge in [0.1, 0.15) is 5.65 Å². The van der Waals surface area contributed by atoms with E-state index in [0.717, 1.165) is 21.5 Å². The zero-order valence-corrected chi connectivity index (χ0v) is 13.2. The molecule has 3 heterocycles. The molecule has 1 N–H and O–H groups in total. The maximum atomic E-state index is 11.8. The minimum atomic E-state index is -0.177. The van der Waals surface area contributed by atoms with E-state index < -0.39 is 0 Å². The predicted octanol–water partition coefficient (Wildman–Crippen LogP) is 2.82. The number of amides is 1. The largest absolute Gasteiger partial charge is 0.347 e. The molecule has 0 unspecified atom stereocenters. The number of pyridine rings is 2. The first-order valence-electron chi connectivity index (χ1n) is 6.71. The predicted molar refractivity (Wildman–Crippen MR) is 88.0 cm³/mol. The van der Waals surface area contributed by atoms with Crippen LogP contribution in [0, 0.1) is 0 Å². The molecule has 0 radical (unpaired) electrons. The first-order chi connectivity index (χ1) is 10.7. The molecule has 3 aromatic heterocycles. The number of rotatable bonds is 4. The third kappa shape index (κ3) is 3.59. The smallest absolute Gasteiger partial charge is 0.244 e. The summed E-state index contributed by atoms with van der Waals surface area (Å²) in [5.41, 5.74) is 2.39. The van der Waals surface area contributed by atoms with Gasteiger partial charge < -0.3 is 9.72 Å². The van der Waals surface area contributed by atoms with Crippen molar-refractivity contribution in [2.24, 2.45) is 0 Å². The van der Waals surface area contributed by atoms with Crippen molar-refractivity contribution in [3.05, 3.63) is 70.9 Å². The number of hydrogen-bond donors (Lipinski definition) is 1. The number of nitrogens with zero attached hydrogens (tertiary/aromatic N) is 3. The summed E-state index contributed by atoms with van der Waals surface area (Å²) in [6, 6.07) is 9.39. The SMILES string of the molecule is O=C(/C=C/c1ccccn1)NCc1cn2cc(Br)ccc2n1. The van der Waals surface area contributed by atoms with Crippen LogP contribution in [0.15, 0.2) is 59.5 Å². The Morgan fingerprint density at radius 2 is 2.18 bits per heavy atom. The Balaban J connectivity index is 1.61. The fourth-order valence-electron chi connectivity index (χ4n) is 1.97. The van der Waals surface area contributed by atoms with E-state index in [2.05, 4.69) is 31.2 Å². The zero-order valence-electron chi connectivity index (χ0n) is 11.6. The molecule has 0 saturated heterocycles. The van der Waals surface area contributed by atoms with Crippen LogP contribution in [-0.4, -0.2) is 20.3 Å². The molecule has 110 valence electrons. The highest BCUT2D eigenvalue weighted by atomic mass is 79.9. The van der Waals surface area contributed by atoms with Gasteiger partial charge in [-0.15, -0.1) is 0 Å². The van der Waals surface area contributed by atoms with Crippen LogP contribution < -0.4 is 5.32 Å². The molecule has 3 rings (SSSR count). The summed E-state index contributed by atoms with van der Waals surface area (Å²) in [6.07, 6.45) is 8.65. The molecular formula is C16H13BrN4O. The van der Waals surface area contributed by atoms with Crippen LogP contribution in [0.25, 0.3) is 11.7 Å². The highest BCUT2D eigenvalue weighted by Gasteiger charge is 2.03. The second-order valence-corrected chi connectivity index (χ2v) is 5.57. The van der Waals surface area contributed by atoms with Crippen LogP contribution in [0.1, 0.15) is 11.4 Å². The Bertz CT molecular complexity index is 827. The standard InChI is InChI=1S/C16H13BrN4O/c17-12-4-6-15-20-14(11-21(15)10-12)9-19-16(22)7-5-13-3-1-2-8-18-13/h1-8,10-11H,9H2,(H,19,22)/b7-5+. The Labute approximate surface area is 135 Å². The lowest BCUT2D eigenvalue weighted by Crippen LogP contribution is -2.20. The van der Waals surface area contributed by atoms with Crippen LogP contribution in [0.4, 0.5) is 0 Å². The van der Waals surface area contributed by atoms with Gasteiger partial charge >= 0.3 is 0 Å². The number of aromatic nitrogens is 3. The summed E-state index contributed by atoms with van der Waals surface area (Å²) in [5, 5.41) is 2.80. The third-order valence-corrected chi connectivity index (χ3v) is 3.47. The van der Waals surface area contributed by atoms with Crippen molar-refractivity contribution in [2.45, 2.75) is 6.54 Å². The molecule has 0 aliphatic carbocycles. The molecule has 0 atom stereocenters. The van der Waals surface area contributed by atoms with Crippen LogP contribution in [0.5, 0.6) is 0 Å². The van der Waals surface area contributed by atoms with E-state index in [9.17, 15) is 4.79 Å². The quantitative estimate of drug-likeness (QED) is 0.731. The van der Waals surface area contributed by atoms with Crippen molar-refractivity contribution < 1.29 is 4.79 Å². The van der Waals surface area contributed by atoms with Crippen molar-refractivity contribution in [2.75, 3.05) is 0 Å². The van der Waals surface area contributed by atoms with E-state index in [1.54, 1.807) is 12.3 Å². The Hall–Kier alpha value is -2.47. The molecule has 22 heavy (non-hydrogen) atoms. The number of imidazole rings is 1. The molecule has 0 fully saturated rings. The maximum absolute atomic E-state index is 11.8. The highest BCUT2D eigenvalue weighted by molar-refractivity contribution is 9.10. The summed E-state index contributed by atoms with van der Waals surface area (Å²) in [5.74, 6) is -0.177. The van der Waals surface area contributed by atoms with Crippen molar-refractivity contribution >= 4 is 33.6 Å². The van der Waals surface area contributed by atoms with Crippen LogP contribution in [-0.2, 0) is 11.3 Å². The summed E-state index contributed by atoms with van der Waals surface area (Å²) in [4.78, 5) is 20.3. The zero-order chi connectivity index (χ0) is 15.4. The molecule has 3 aromatic rings. The molecule has 5 nitrogen and oxygen atoms in total. The maximum Gasteiger partial charge on any atom is 0.244 e. The molecule has 1 amide bonds. The number of carbonyl (C=O) groups excluding carboxylic acids is 1. The summed E-state index contributed by atoms with van der Waals surface area (Å²) in [7, 11) is 0. The highest BCUT2D eigenvalue weighted by Crippen LogP contribution is 2.12. The Morgan fingerprint density at radius 3 is 3.00 bits per heavy atom. The monoisotopic (exact) mass is 356 g/mol. The molecule has 0 bridgehead atoms. The van der Waals surface area contributed by atoms with Gasteiger partial charge in [0.15, 0.2) is 0 Å². The van der Waals surface area contributed by atoms with Crippen LogP contribution >= 0.6 is 15.9 Å². The number of halogens is 1. The Morgan fingerprint density at radius 1 is 1.27 bits per heavy atom. The molecular weight excluding hydrogens is 344 g/mol. The van der Waals surface area contributed by atoms with E-state index in [1.165, 1.54) is 6.08 Å². The molecule has 6 heteroatoms. The van der Waals surface area contributed by atoms with Gasteiger partial charge in [0.2, 0.25) is 5.91 Å². The lowest BCUT2D eigenvalue weighted by atomic mass is 10.3.